The van der Waals surface area contributed by atoms with Gasteiger partial charge in [-0.15, -0.1) is 0 Å². The van der Waals surface area contributed by atoms with Crippen LogP contribution in [0.3, 0.4) is 0 Å². The van der Waals surface area contributed by atoms with Crippen molar-refractivity contribution >= 4 is 29.6 Å². The molecule has 19 heavy (non-hydrogen) atoms. The van der Waals surface area contributed by atoms with E-state index in [1.807, 2.05) is 6.08 Å². The summed E-state index contributed by atoms with van der Waals surface area (Å²) in [6.45, 7) is 2.03. The van der Waals surface area contributed by atoms with Crippen molar-refractivity contribution in [3.05, 3.63) is 34.6 Å². The molecule has 0 unspecified atom stereocenters. The lowest BCUT2D eigenvalue weighted by Crippen LogP contribution is -2.20. The Labute approximate surface area is 116 Å². The summed E-state index contributed by atoms with van der Waals surface area (Å²) in [6, 6.07) is 1.61. The maximum Gasteiger partial charge on any atom is 0.341 e. The number of pyridine rings is 1. The Bertz CT molecular complexity index is 501. The molecule has 0 atom stereocenters. The first kappa shape index (κ1) is 15.2. The predicted molar refractivity (Wildman–Crippen MR) is 72.9 cm³/mol. The smallest absolute Gasteiger partial charge is 0.341 e. The average molecular weight is 283 g/mol. The third kappa shape index (κ3) is 5.09. The number of ether oxygens (including phenoxy) is 1. The Hall–Kier alpha value is -1.88. The van der Waals surface area contributed by atoms with E-state index in [0.717, 1.165) is 5.56 Å². The Kier molecular flexibility index (Phi) is 6.02. The zero-order valence-corrected chi connectivity index (χ0v) is 11.5. The highest BCUT2D eigenvalue weighted by Crippen LogP contribution is 2.16. The lowest BCUT2D eigenvalue weighted by Gasteiger charge is -2.02. The van der Waals surface area contributed by atoms with Gasteiger partial charge in [0.25, 0.3) is 0 Å². The Morgan fingerprint density at radius 1 is 1.53 bits per heavy atom. The summed E-state index contributed by atoms with van der Waals surface area (Å²) in [5, 5.41) is 2.79. The predicted octanol–water partition coefficient (Wildman–Crippen LogP) is 2.06. The molecule has 1 aromatic rings. The zero-order valence-electron chi connectivity index (χ0n) is 10.8. The van der Waals surface area contributed by atoms with Gasteiger partial charge in [-0.25, -0.2) is 9.78 Å². The standard InChI is InChI=1S/C13H15ClN2O3/c1-9(17)15-6-4-3-5-10-7-11(13(18)19-2)12(14)16-8-10/h3,5,7-8H,4,6H2,1-2H3,(H,15,17). The van der Waals surface area contributed by atoms with Gasteiger partial charge in [0.15, 0.2) is 0 Å². The number of carbonyl (C=O) groups excluding carboxylic acids is 2. The normalized spacial score (nSPS) is 10.5. The van der Waals surface area contributed by atoms with E-state index >= 15 is 0 Å². The number of carbonyl (C=O) groups is 2. The molecule has 0 fully saturated rings. The van der Waals surface area contributed by atoms with Crippen molar-refractivity contribution in [2.24, 2.45) is 0 Å². The molecule has 0 aromatic carbocycles. The molecule has 1 rings (SSSR count). The van der Waals surface area contributed by atoms with E-state index in [9.17, 15) is 9.59 Å². The molecule has 0 bridgehead atoms. The van der Waals surface area contributed by atoms with Crippen molar-refractivity contribution in [3.8, 4) is 0 Å². The van der Waals surface area contributed by atoms with Crippen LogP contribution < -0.4 is 5.32 Å². The quantitative estimate of drug-likeness (QED) is 0.510. The summed E-state index contributed by atoms with van der Waals surface area (Å²) in [6.07, 6.45) is 5.93. The minimum atomic E-state index is -0.522. The van der Waals surface area contributed by atoms with Crippen LogP contribution in [0.1, 0.15) is 29.3 Å². The van der Waals surface area contributed by atoms with Crippen molar-refractivity contribution in [1.29, 1.82) is 0 Å². The van der Waals surface area contributed by atoms with Gasteiger partial charge in [-0.05, 0) is 18.1 Å². The Morgan fingerprint density at radius 2 is 2.26 bits per heavy atom. The van der Waals surface area contributed by atoms with Crippen LogP contribution in [0.15, 0.2) is 18.3 Å². The summed E-state index contributed by atoms with van der Waals surface area (Å²) in [5.74, 6) is -0.583. The van der Waals surface area contributed by atoms with Crippen molar-refractivity contribution in [2.75, 3.05) is 13.7 Å². The number of amides is 1. The van der Waals surface area contributed by atoms with Crippen LogP contribution in [0.2, 0.25) is 5.15 Å². The molecule has 1 N–H and O–H groups in total. The van der Waals surface area contributed by atoms with Gasteiger partial charge in [-0.2, -0.15) is 0 Å². The minimum Gasteiger partial charge on any atom is -0.465 e. The second-order valence-electron chi connectivity index (χ2n) is 3.77. The molecular weight excluding hydrogens is 268 g/mol. The number of nitrogens with one attached hydrogen (secondary N) is 1. The average Bonchev–Trinajstić information content (AvgIpc) is 2.39. The third-order valence-corrected chi connectivity index (χ3v) is 2.56. The second kappa shape index (κ2) is 7.53. The van der Waals surface area contributed by atoms with Crippen LogP contribution in [0.5, 0.6) is 0 Å². The van der Waals surface area contributed by atoms with E-state index < -0.39 is 5.97 Å². The van der Waals surface area contributed by atoms with Crippen LogP contribution in [0.25, 0.3) is 6.08 Å². The van der Waals surface area contributed by atoms with Crippen LogP contribution in [0.4, 0.5) is 0 Å². The van der Waals surface area contributed by atoms with E-state index in [-0.39, 0.29) is 16.6 Å². The number of hydrogen-bond acceptors (Lipinski definition) is 4. The number of aromatic nitrogens is 1. The maximum absolute atomic E-state index is 11.4. The number of nitrogens with zero attached hydrogens (tertiary/aromatic N) is 1. The van der Waals surface area contributed by atoms with E-state index in [2.05, 4.69) is 15.0 Å². The van der Waals surface area contributed by atoms with Gasteiger partial charge < -0.3 is 10.1 Å². The van der Waals surface area contributed by atoms with E-state index in [1.165, 1.54) is 14.0 Å². The van der Waals surface area contributed by atoms with Gasteiger partial charge in [-0.3, -0.25) is 4.79 Å². The maximum atomic E-state index is 11.4. The third-order valence-electron chi connectivity index (χ3n) is 2.26. The highest BCUT2D eigenvalue weighted by atomic mass is 35.5. The molecule has 0 spiro atoms. The summed E-state index contributed by atoms with van der Waals surface area (Å²) >= 11 is 5.80. The van der Waals surface area contributed by atoms with Crippen LogP contribution in [0, 0.1) is 0 Å². The molecule has 5 nitrogen and oxygen atoms in total. The SMILES string of the molecule is COC(=O)c1cc(C=CCCNC(C)=O)cnc1Cl. The first-order valence-corrected chi connectivity index (χ1v) is 6.07. The summed E-state index contributed by atoms with van der Waals surface area (Å²) in [7, 11) is 1.29. The van der Waals surface area contributed by atoms with Crippen LogP contribution in [-0.4, -0.2) is 30.5 Å². The molecule has 0 saturated carbocycles. The van der Waals surface area contributed by atoms with Gasteiger partial charge in [0.1, 0.15) is 5.15 Å². The highest BCUT2D eigenvalue weighted by molar-refractivity contribution is 6.32. The molecule has 0 aliphatic rings. The fourth-order valence-electron chi connectivity index (χ4n) is 1.36. The number of hydrogen-bond donors (Lipinski definition) is 1. The van der Waals surface area contributed by atoms with Crippen LogP contribution >= 0.6 is 11.6 Å². The van der Waals surface area contributed by atoms with Gasteiger partial charge in [0, 0.05) is 19.7 Å². The minimum absolute atomic E-state index is 0.0606. The molecular formula is C13H15ClN2O3. The van der Waals surface area contributed by atoms with E-state index in [0.29, 0.717) is 13.0 Å². The largest absolute Gasteiger partial charge is 0.465 e. The van der Waals surface area contributed by atoms with E-state index in [1.54, 1.807) is 18.3 Å². The first-order chi connectivity index (χ1) is 9.04. The Balaban J connectivity index is 2.66. The molecule has 102 valence electrons. The van der Waals surface area contributed by atoms with Gasteiger partial charge in [0.2, 0.25) is 5.91 Å². The number of halogens is 1. The molecule has 0 saturated heterocycles. The molecule has 1 heterocycles. The zero-order chi connectivity index (χ0) is 14.3. The fraction of sp³-hybridized carbons (Fsp3) is 0.308. The molecule has 1 aromatic heterocycles. The lowest BCUT2D eigenvalue weighted by molar-refractivity contribution is -0.118. The molecule has 0 aliphatic heterocycles. The van der Waals surface area contributed by atoms with Gasteiger partial charge in [-0.1, -0.05) is 23.8 Å². The molecule has 0 radical (unpaired) electrons. The number of rotatable bonds is 5. The monoisotopic (exact) mass is 282 g/mol. The lowest BCUT2D eigenvalue weighted by atomic mass is 10.2. The van der Waals surface area contributed by atoms with Gasteiger partial charge in [0.05, 0.1) is 12.7 Å². The van der Waals surface area contributed by atoms with Gasteiger partial charge >= 0.3 is 5.97 Å². The highest BCUT2D eigenvalue weighted by Gasteiger charge is 2.11. The van der Waals surface area contributed by atoms with Crippen molar-refractivity contribution in [2.45, 2.75) is 13.3 Å². The van der Waals surface area contributed by atoms with Crippen molar-refractivity contribution in [3.63, 3.8) is 0 Å². The number of methoxy groups -OCH3 is 1. The van der Waals surface area contributed by atoms with Crippen molar-refractivity contribution < 1.29 is 14.3 Å². The fourth-order valence-corrected chi connectivity index (χ4v) is 1.54. The topological polar surface area (TPSA) is 68.3 Å². The van der Waals surface area contributed by atoms with Crippen LogP contribution in [-0.2, 0) is 9.53 Å². The molecule has 1 amide bonds. The Morgan fingerprint density at radius 3 is 2.89 bits per heavy atom. The summed E-state index contributed by atoms with van der Waals surface area (Å²) in [4.78, 5) is 26.0. The number of esters is 1. The molecule has 0 aliphatic carbocycles. The first-order valence-electron chi connectivity index (χ1n) is 5.69. The summed E-state index contributed by atoms with van der Waals surface area (Å²) in [5.41, 5.74) is 0.973. The van der Waals surface area contributed by atoms with E-state index in [4.69, 9.17) is 11.6 Å². The second-order valence-corrected chi connectivity index (χ2v) is 4.13. The molecule has 6 heteroatoms. The van der Waals surface area contributed by atoms with Crippen molar-refractivity contribution in [1.82, 2.24) is 10.3 Å². The summed E-state index contributed by atoms with van der Waals surface area (Å²) < 4.78 is 4.61.